The number of rotatable bonds is 6. The molecule has 40 heavy (non-hydrogen) atoms. The van der Waals surface area contributed by atoms with E-state index in [-0.39, 0.29) is 43.2 Å². The summed E-state index contributed by atoms with van der Waals surface area (Å²) in [6.07, 6.45) is 2.45. The van der Waals surface area contributed by atoms with Crippen molar-refractivity contribution in [2.24, 2.45) is 5.92 Å². The minimum atomic E-state index is -0.373. The number of nitrogens with one attached hydrogen (secondary N) is 1. The maximum atomic E-state index is 13.1. The largest absolute Gasteiger partial charge is 0.394 e. The maximum absolute atomic E-state index is 13.1. The first-order valence-corrected chi connectivity index (χ1v) is 14.2. The van der Waals surface area contributed by atoms with Crippen molar-refractivity contribution in [3.05, 3.63) is 36.2 Å². The van der Waals surface area contributed by atoms with Gasteiger partial charge >= 0.3 is 6.03 Å². The van der Waals surface area contributed by atoms with Crippen molar-refractivity contribution in [1.29, 1.82) is 0 Å². The minimum Gasteiger partial charge on any atom is -0.394 e. The number of aryl methyl sites for hydroxylation is 1. The topological polar surface area (TPSA) is 119 Å². The van der Waals surface area contributed by atoms with Gasteiger partial charge in [0.25, 0.3) is 0 Å². The summed E-state index contributed by atoms with van der Waals surface area (Å²) in [5.41, 5.74) is 2.58. The Balaban J connectivity index is 1.41. The molecule has 220 valence electrons. The number of urea groups is 1. The van der Waals surface area contributed by atoms with Crippen LogP contribution in [0, 0.1) is 5.92 Å². The molecule has 3 atom stereocenters. The quantitative estimate of drug-likeness (QED) is 0.552. The lowest BCUT2D eigenvalue weighted by Crippen LogP contribution is -2.48. The van der Waals surface area contributed by atoms with Crippen LogP contribution in [0.2, 0.25) is 0 Å². The molecule has 2 aromatic rings. The van der Waals surface area contributed by atoms with E-state index in [4.69, 9.17) is 4.74 Å². The highest BCUT2D eigenvalue weighted by atomic mass is 16.5. The Morgan fingerprint density at radius 3 is 2.62 bits per heavy atom. The van der Waals surface area contributed by atoms with Gasteiger partial charge in [-0.05, 0) is 44.7 Å². The smallest absolute Gasteiger partial charge is 0.321 e. The Bertz CT molecular complexity index is 1100. The zero-order chi connectivity index (χ0) is 28.6. The fourth-order valence-electron chi connectivity index (χ4n) is 5.09. The summed E-state index contributed by atoms with van der Waals surface area (Å²) in [5.74, 6) is -0.121. The van der Waals surface area contributed by atoms with Crippen LogP contribution in [0.5, 0.6) is 0 Å². The Labute approximate surface area is 236 Å². The minimum absolute atomic E-state index is 0.0159. The predicted molar refractivity (Wildman–Crippen MR) is 153 cm³/mol. The highest BCUT2D eigenvalue weighted by Crippen LogP contribution is 2.21. The molecule has 1 aromatic heterocycles. The van der Waals surface area contributed by atoms with Crippen LogP contribution < -0.4 is 10.2 Å². The third-order valence-electron chi connectivity index (χ3n) is 7.83. The number of benzene rings is 1. The standard InChI is InChI=1S/C28H44N8O4/c1-21-16-36(22(2)19-37)27(38)6-5-11-35-17-24(30-31-35)20-40-26(21)18-33(4)28(39)29-23-7-9-25(10-8-23)34-14-12-32(3)13-15-34/h7-10,17,21-22,26,37H,5-6,11-16,18-20H2,1-4H3,(H,29,39)/t21-,22+,26+/m1/s1. The van der Waals surface area contributed by atoms with Crippen molar-refractivity contribution < 1.29 is 19.4 Å². The Kier molecular flexibility index (Phi) is 10.3. The fraction of sp³-hybridized carbons (Fsp3) is 0.643. The van der Waals surface area contributed by atoms with Gasteiger partial charge < -0.3 is 34.8 Å². The number of aliphatic hydroxyl groups is 1. The lowest BCUT2D eigenvalue weighted by Gasteiger charge is -2.35. The number of hydrogen-bond acceptors (Lipinski definition) is 8. The number of aliphatic hydroxyl groups excluding tert-OH is 1. The number of carbonyl (C=O) groups excluding carboxylic acids is 2. The summed E-state index contributed by atoms with van der Waals surface area (Å²) in [6.45, 7) is 9.34. The lowest BCUT2D eigenvalue weighted by atomic mass is 10.0. The van der Waals surface area contributed by atoms with Crippen LogP contribution in [0.3, 0.4) is 0 Å². The van der Waals surface area contributed by atoms with Gasteiger partial charge in [-0.3, -0.25) is 9.48 Å². The van der Waals surface area contributed by atoms with Gasteiger partial charge in [0.15, 0.2) is 0 Å². The van der Waals surface area contributed by atoms with Crippen molar-refractivity contribution in [2.45, 2.75) is 52.0 Å². The number of anilines is 2. The third kappa shape index (κ3) is 7.92. The summed E-state index contributed by atoms with van der Waals surface area (Å²) in [5, 5.41) is 21.1. The fourth-order valence-corrected chi connectivity index (χ4v) is 5.09. The highest BCUT2D eigenvalue weighted by Gasteiger charge is 2.29. The van der Waals surface area contributed by atoms with Crippen molar-refractivity contribution in [3.8, 4) is 0 Å². The summed E-state index contributed by atoms with van der Waals surface area (Å²) < 4.78 is 8.00. The van der Waals surface area contributed by atoms with Crippen LogP contribution >= 0.6 is 0 Å². The number of ether oxygens (including phenoxy) is 1. The first-order valence-electron chi connectivity index (χ1n) is 14.2. The zero-order valence-electron chi connectivity index (χ0n) is 24.2. The summed E-state index contributed by atoms with van der Waals surface area (Å²) >= 11 is 0. The number of carbonyl (C=O) groups is 2. The first kappa shape index (κ1) is 29.8. The van der Waals surface area contributed by atoms with Crippen molar-refractivity contribution in [2.75, 3.05) is 70.2 Å². The second-order valence-corrected chi connectivity index (χ2v) is 11.1. The molecule has 0 unspecified atom stereocenters. The monoisotopic (exact) mass is 556 g/mol. The molecule has 1 saturated heterocycles. The third-order valence-corrected chi connectivity index (χ3v) is 7.83. The molecule has 0 spiro atoms. The second kappa shape index (κ2) is 13.9. The lowest BCUT2D eigenvalue weighted by molar-refractivity contribution is -0.136. The first-order chi connectivity index (χ1) is 19.2. The molecule has 3 amide bonds. The van der Waals surface area contributed by atoms with Crippen molar-refractivity contribution >= 4 is 23.3 Å². The second-order valence-electron chi connectivity index (χ2n) is 11.1. The van der Waals surface area contributed by atoms with Gasteiger partial charge in [0.1, 0.15) is 5.69 Å². The van der Waals surface area contributed by atoms with Gasteiger partial charge in [0.2, 0.25) is 5.91 Å². The zero-order valence-corrected chi connectivity index (χ0v) is 24.2. The van der Waals surface area contributed by atoms with Crippen LogP contribution in [0.25, 0.3) is 0 Å². The van der Waals surface area contributed by atoms with E-state index in [1.807, 2.05) is 44.3 Å². The van der Waals surface area contributed by atoms with Crippen LogP contribution in [-0.4, -0.2) is 119 Å². The molecular weight excluding hydrogens is 512 g/mol. The number of fused-ring (bicyclic) bond motifs is 2. The van der Waals surface area contributed by atoms with E-state index in [1.165, 1.54) is 0 Å². The number of nitrogens with zero attached hydrogens (tertiary/aromatic N) is 7. The van der Waals surface area contributed by atoms with E-state index >= 15 is 0 Å². The average Bonchev–Trinajstić information content (AvgIpc) is 3.41. The summed E-state index contributed by atoms with van der Waals surface area (Å²) in [7, 11) is 3.87. The average molecular weight is 557 g/mol. The van der Waals surface area contributed by atoms with Crippen molar-refractivity contribution in [3.63, 3.8) is 0 Å². The number of piperazine rings is 1. The number of hydrogen-bond donors (Lipinski definition) is 2. The normalized spacial score (nSPS) is 22.2. The van der Waals surface area contributed by atoms with Crippen LogP contribution in [0.4, 0.5) is 16.2 Å². The number of amides is 3. The van der Waals surface area contributed by atoms with Gasteiger partial charge in [-0.25, -0.2) is 4.79 Å². The molecule has 0 saturated carbocycles. The molecule has 12 nitrogen and oxygen atoms in total. The number of likely N-dealkylation sites (N-methyl/N-ethyl adjacent to an activating group) is 2. The molecule has 12 heteroatoms. The molecule has 2 aliphatic rings. The molecule has 2 bridgehead atoms. The van der Waals surface area contributed by atoms with E-state index in [2.05, 4.69) is 32.5 Å². The van der Waals surface area contributed by atoms with E-state index in [9.17, 15) is 14.7 Å². The van der Waals surface area contributed by atoms with Crippen molar-refractivity contribution in [1.82, 2.24) is 29.7 Å². The van der Waals surface area contributed by atoms with Gasteiger partial charge in [-0.15, -0.1) is 5.10 Å². The molecule has 4 rings (SSSR count). The van der Waals surface area contributed by atoms with E-state index < -0.39 is 0 Å². The van der Waals surface area contributed by atoms with E-state index in [0.717, 1.165) is 37.6 Å². The molecular formula is C28H44N8O4. The molecule has 2 aliphatic heterocycles. The Hall–Kier alpha value is -3.22. The molecule has 0 aliphatic carbocycles. The molecule has 2 N–H and O–H groups in total. The predicted octanol–water partition coefficient (Wildman–Crippen LogP) is 1.72. The van der Waals surface area contributed by atoms with Crippen LogP contribution in [0.15, 0.2) is 30.5 Å². The van der Waals surface area contributed by atoms with Crippen LogP contribution in [-0.2, 0) is 22.7 Å². The van der Waals surface area contributed by atoms with E-state index in [0.29, 0.717) is 38.2 Å². The molecule has 0 radical (unpaired) electrons. The van der Waals surface area contributed by atoms with Crippen LogP contribution in [0.1, 0.15) is 32.4 Å². The summed E-state index contributed by atoms with van der Waals surface area (Å²) in [6, 6.07) is 7.40. The van der Waals surface area contributed by atoms with Gasteiger partial charge in [-0.2, -0.15) is 0 Å². The van der Waals surface area contributed by atoms with E-state index in [1.54, 1.807) is 21.5 Å². The summed E-state index contributed by atoms with van der Waals surface area (Å²) in [4.78, 5) is 34.2. The SMILES string of the molecule is C[C@@H]1CN([C@@H](C)CO)C(=O)CCCn2cc(nn2)CO[C@H]1CN(C)C(=O)Nc1ccc(N2CCN(C)CC2)cc1. The van der Waals surface area contributed by atoms with Gasteiger partial charge in [-0.1, -0.05) is 12.1 Å². The number of aromatic nitrogens is 3. The Morgan fingerprint density at radius 1 is 1.20 bits per heavy atom. The maximum Gasteiger partial charge on any atom is 0.321 e. The van der Waals surface area contributed by atoms with Gasteiger partial charge in [0.05, 0.1) is 31.6 Å². The van der Waals surface area contributed by atoms with Gasteiger partial charge in [0, 0.05) is 76.6 Å². The Morgan fingerprint density at radius 2 is 1.93 bits per heavy atom. The molecule has 1 fully saturated rings. The highest BCUT2D eigenvalue weighted by molar-refractivity contribution is 5.89. The molecule has 3 heterocycles. The molecule has 1 aromatic carbocycles.